The molecule has 0 fully saturated rings. The fraction of sp³-hybridized carbons (Fsp3) is 0.0500. The minimum atomic E-state index is -6.09. The second-order valence-corrected chi connectivity index (χ2v) is 6.39. The van der Waals surface area contributed by atoms with Crippen LogP contribution in [-0.2, 0) is 27.2 Å². The van der Waals surface area contributed by atoms with Gasteiger partial charge < -0.3 is 4.55 Å². The van der Waals surface area contributed by atoms with Crippen LogP contribution in [0.5, 0.6) is 0 Å². The van der Waals surface area contributed by atoms with Gasteiger partial charge in [-0.3, -0.25) is 0 Å². The molecule has 0 aliphatic rings. The first-order valence-corrected chi connectivity index (χ1v) is 9.08. The summed E-state index contributed by atoms with van der Waals surface area (Å²) >= 11 is 0. The Morgan fingerprint density at radius 2 is 1.07 bits per heavy atom. The molecule has 0 N–H and O–H groups in total. The van der Waals surface area contributed by atoms with E-state index in [0.29, 0.717) is 0 Å². The van der Waals surface area contributed by atoms with E-state index >= 15 is 0 Å². The Bertz CT molecular complexity index is 819. The summed E-state index contributed by atoms with van der Waals surface area (Å²) in [5, 5.41) is 0. The van der Waals surface area contributed by atoms with Crippen molar-refractivity contribution in [2.75, 3.05) is 0 Å². The summed E-state index contributed by atoms with van der Waals surface area (Å²) in [6.45, 7) is 0. The summed E-state index contributed by atoms with van der Waals surface area (Å²) in [6, 6.07) is 30.6. The summed E-state index contributed by atoms with van der Waals surface area (Å²) in [7, 11) is -6.09. The van der Waals surface area contributed by atoms with Crippen molar-refractivity contribution in [1.29, 1.82) is 0 Å². The Morgan fingerprint density at radius 1 is 0.750 bits per heavy atom. The first-order valence-electron chi connectivity index (χ1n) is 7.67. The van der Waals surface area contributed by atoms with Gasteiger partial charge in [0.1, 0.15) is 0 Å². The van der Waals surface area contributed by atoms with Crippen LogP contribution in [0.15, 0.2) is 91.0 Å². The molecule has 3 aromatic carbocycles. The molecule has 0 atom stereocenters. The fourth-order valence-electron chi connectivity index (χ4n) is 1.64. The number of alkyl halides is 3. The Balaban J connectivity index is 0.000000442. The maximum absolute atomic E-state index is 10.7. The van der Waals surface area contributed by atoms with Gasteiger partial charge in [0.2, 0.25) is 0 Å². The Hall–Kier alpha value is -2.25. The van der Waals surface area contributed by atoms with E-state index in [-0.39, 0.29) is 17.1 Å². The van der Waals surface area contributed by atoms with Gasteiger partial charge >= 0.3 is 22.6 Å². The van der Waals surface area contributed by atoms with Gasteiger partial charge in [0.25, 0.3) is 0 Å². The van der Waals surface area contributed by atoms with Crippen molar-refractivity contribution in [2.24, 2.45) is 0 Å². The quantitative estimate of drug-likeness (QED) is 0.175. The maximum Gasteiger partial charge on any atom is 2.00 e. The number of hydrogen-bond acceptors (Lipinski definition) is 3. The van der Waals surface area contributed by atoms with Crippen molar-refractivity contribution in [3.05, 3.63) is 102 Å². The van der Waals surface area contributed by atoms with E-state index in [0.717, 1.165) is 0 Å². The van der Waals surface area contributed by atoms with Crippen LogP contribution in [0.2, 0.25) is 0 Å². The van der Waals surface area contributed by atoms with Crippen LogP contribution >= 0.6 is 0 Å². The van der Waals surface area contributed by atoms with E-state index in [1.807, 2.05) is 66.7 Å². The molecular weight excluding hydrogens is 433 g/mol. The van der Waals surface area contributed by atoms with E-state index in [4.69, 9.17) is 13.0 Å². The SMILES string of the molecule is C(=Cc1ccccc1)c1ccccc1.O=S(=O)([O-])C(F)(F)F.[Fe+2].c1cc[cH-]c1. The second kappa shape index (κ2) is 13.0. The van der Waals surface area contributed by atoms with E-state index in [1.165, 1.54) is 11.1 Å². The van der Waals surface area contributed by atoms with Gasteiger partial charge in [0, 0.05) is 0 Å². The third-order valence-corrected chi connectivity index (χ3v) is 3.47. The molecule has 3 nitrogen and oxygen atoms in total. The van der Waals surface area contributed by atoms with E-state index in [9.17, 15) is 13.2 Å². The standard InChI is InChI=1S/C14H12.C5H5.CHF3O3S.Fe/c1-3-7-13(8-4-1)11-12-14-9-5-2-6-10-14;1-2-4-5-3-1;2-1(3,4)8(5,6)7;/h1-12H;1-5H;(H,5,6,7);/q;-1;;+2/p-1. The summed E-state index contributed by atoms with van der Waals surface area (Å²) in [5.74, 6) is 0. The van der Waals surface area contributed by atoms with Crippen LogP contribution in [0.4, 0.5) is 13.2 Å². The van der Waals surface area contributed by atoms with Crippen molar-refractivity contribution in [1.82, 2.24) is 0 Å². The van der Waals surface area contributed by atoms with Crippen LogP contribution in [0, 0.1) is 0 Å². The van der Waals surface area contributed by atoms with Crippen LogP contribution < -0.4 is 0 Å². The van der Waals surface area contributed by atoms with E-state index < -0.39 is 15.6 Å². The minimum absolute atomic E-state index is 0. The molecule has 0 radical (unpaired) electrons. The smallest absolute Gasteiger partial charge is 0.741 e. The maximum atomic E-state index is 10.7. The topological polar surface area (TPSA) is 57.2 Å². The minimum Gasteiger partial charge on any atom is -0.741 e. The van der Waals surface area contributed by atoms with Crippen LogP contribution in [0.1, 0.15) is 11.1 Å². The largest absolute Gasteiger partial charge is 2.00 e. The molecule has 0 heterocycles. The third-order valence-electron chi connectivity index (χ3n) is 2.91. The van der Waals surface area contributed by atoms with Gasteiger partial charge in [-0.25, -0.2) is 20.6 Å². The molecule has 0 saturated heterocycles. The molecule has 150 valence electrons. The monoisotopic (exact) mass is 450 g/mol. The third kappa shape index (κ3) is 11.5. The molecule has 0 saturated carbocycles. The number of hydrogen-bond donors (Lipinski definition) is 0. The van der Waals surface area contributed by atoms with Gasteiger partial charge in [0.05, 0.1) is 0 Å². The van der Waals surface area contributed by atoms with E-state index in [2.05, 4.69) is 36.4 Å². The second-order valence-electron chi connectivity index (χ2n) is 5.02. The summed E-state index contributed by atoms with van der Waals surface area (Å²) in [6.07, 6.45) is 4.24. The van der Waals surface area contributed by atoms with E-state index in [1.54, 1.807) is 0 Å². The molecule has 28 heavy (non-hydrogen) atoms. The van der Waals surface area contributed by atoms with Crippen LogP contribution in [-0.4, -0.2) is 18.5 Å². The molecule has 0 amide bonds. The van der Waals surface area contributed by atoms with Crippen molar-refractivity contribution < 1.29 is 43.2 Å². The average molecular weight is 450 g/mol. The molecular formula is C20H17F3FeO3S. The predicted molar refractivity (Wildman–Crippen MR) is 99.6 cm³/mol. The van der Waals surface area contributed by atoms with Crippen molar-refractivity contribution >= 4 is 22.3 Å². The van der Waals surface area contributed by atoms with Gasteiger partial charge in [-0.1, -0.05) is 72.8 Å². The number of benzene rings is 2. The zero-order valence-corrected chi connectivity index (χ0v) is 16.4. The Kier molecular flexibility index (Phi) is 12.0. The Labute approximate surface area is 173 Å². The van der Waals surface area contributed by atoms with Crippen LogP contribution in [0.25, 0.3) is 12.2 Å². The summed E-state index contributed by atoms with van der Waals surface area (Å²) in [4.78, 5) is 0. The first-order chi connectivity index (χ1) is 12.7. The van der Waals surface area contributed by atoms with Crippen LogP contribution in [0.3, 0.4) is 0 Å². The molecule has 0 bridgehead atoms. The molecule has 0 aliphatic heterocycles. The number of halogens is 3. The molecule has 8 heteroatoms. The molecule has 3 rings (SSSR count). The number of rotatable bonds is 2. The first kappa shape index (κ1) is 25.7. The van der Waals surface area contributed by atoms with Gasteiger partial charge in [-0.05, 0) is 11.1 Å². The zero-order valence-electron chi connectivity index (χ0n) is 14.4. The van der Waals surface area contributed by atoms with Gasteiger partial charge in [0.15, 0.2) is 10.1 Å². The molecule has 0 unspecified atom stereocenters. The Morgan fingerprint density at radius 3 is 1.29 bits per heavy atom. The normalized spacial score (nSPS) is 10.7. The van der Waals surface area contributed by atoms with Crippen molar-refractivity contribution in [3.8, 4) is 0 Å². The van der Waals surface area contributed by atoms with Crippen molar-refractivity contribution in [2.45, 2.75) is 5.51 Å². The molecule has 0 aromatic heterocycles. The molecule has 0 aliphatic carbocycles. The van der Waals surface area contributed by atoms with Gasteiger partial charge in [-0.15, -0.1) is 0 Å². The summed E-state index contributed by atoms with van der Waals surface area (Å²) in [5.41, 5.74) is -3.18. The van der Waals surface area contributed by atoms with Crippen molar-refractivity contribution in [3.63, 3.8) is 0 Å². The zero-order chi connectivity index (χ0) is 20.2. The fourth-order valence-corrected chi connectivity index (χ4v) is 1.64. The van der Waals surface area contributed by atoms with Gasteiger partial charge in [-0.2, -0.15) is 31.4 Å². The molecule has 3 aromatic rings. The average Bonchev–Trinajstić information content (AvgIpc) is 3.21. The summed E-state index contributed by atoms with van der Waals surface area (Å²) < 4.78 is 58.9. The predicted octanol–water partition coefficient (Wildman–Crippen LogP) is 5.31. The molecule has 0 spiro atoms.